The van der Waals surface area contributed by atoms with Crippen molar-refractivity contribution in [3.63, 3.8) is 0 Å². The van der Waals surface area contributed by atoms with Crippen molar-refractivity contribution in [2.75, 3.05) is 0 Å². The summed E-state index contributed by atoms with van der Waals surface area (Å²) in [5, 5.41) is 13.9. The van der Waals surface area contributed by atoms with Crippen molar-refractivity contribution in [1.29, 1.82) is 0 Å². The molecule has 1 aliphatic rings. The van der Waals surface area contributed by atoms with Gasteiger partial charge in [-0.3, -0.25) is 0 Å². The fourth-order valence-corrected chi connectivity index (χ4v) is 2.41. The van der Waals surface area contributed by atoms with Crippen LogP contribution in [-0.4, -0.2) is 17.3 Å². The van der Waals surface area contributed by atoms with E-state index in [2.05, 4.69) is 12.2 Å². The summed E-state index contributed by atoms with van der Waals surface area (Å²) in [7, 11) is 0. The van der Waals surface area contributed by atoms with Gasteiger partial charge in [-0.15, -0.1) is 12.4 Å². The Morgan fingerprint density at radius 3 is 2.75 bits per heavy atom. The molecule has 4 heteroatoms. The van der Waals surface area contributed by atoms with Crippen LogP contribution in [0.25, 0.3) is 0 Å². The highest BCUT2D eigenvalue weighted by Crippen LogP contribution is 2.27. The van der Waals surface area contributed by atoms with Crippen molar-refractivity contribution < 1.29 is 5.11 Å². The van der Waals surface area contributed by atoms with E-state index >= 15 is 0 Å². The number of benzene rings is 1. The van der Waals surface area contributed by atoms with Gasteiger partial charge in [0.1, 0.15) is 0 Å². The van der Waals surface area contributed by atoms with E-state index in [1.807, 2.05) is 24.3 Å². The molecule has 90 valence electrons. The lowest BCUT2D eigenvalue weighted by Gasteiger charge is -2.32. The van der Waals surface area contributed by atoms with Crippen LogP contribution < -0.4 is 5.32 Å². The van der Waals surface area contributed by atoms with E-state index in [4.69, 9.17) is 11.6 Å². The van der Waals surface area contributed by atoms with E-state index in [0.717, 1.165) is 23.4 Å². The van der Waals surface area contributed by atoms with Gasteiger partial charge in [0.15, 0.2) is 0 Å². The number of aliphatic hydroxyl groups is 1. The van der Waals surface area contributed by atoms with Gasteiger partial charge < -0.3 is 10.4 Å². The fourth-order valence-electron chi connectivity index (χ4n) is 2.21. The minimum absolute atomic E-state index is 0. The number of aliphatic hydroxyl groups excluding tert-OH is 1. The maximum atomic E-state index is 9.71. The number of piperidine rings is 1. The first-order valence-electron chi connectivity index (χ1n) is 5.34. The monoisotopic (exact) mass is 261 g/mol. The van der Waals surface area contributed by atoms with Crippen molar-refractivity contribution in [3.05, 3.63) is 34.9 Å². The van der Waals surface area contributed by atoms with Crippen molar-refractivity contribution >= 4 is 24.0 Å². The molecule has 0 radical (unpaired) electrons. The third-order valence-corrected chi connectivity index (χ3v) is 3.11. The second-order valence-corrected chi connectivity index (χ2v) is 4.74. The molecular weight excluding hydrogens is 245 g/mol. The summed E-state index contributed by atoms with van der Waals surface area (Å²) < 4.78 is 0. The van der Waals surface area contributed by atoms with Gasteiger partial charge in [-0.25, -0.2) is 0 Å². The Balaban J connectivity index is 0.00000128. The third kappa shape index (κ3) is 3.36. The maximum Gasteiger partial charge on any atom is 0.0573 e. The predicted octanol–water partition coefficient (Wildman–Crippen LogP) is 2.94. The normalized spacial score (nSPS) is 29.6. The smallest absolute Gasteiger partial charge is 0.0573 e. The molecule has 2 rings (SSSR count). The molecule has 0 unspecified atom stereocenters. The SMILES string of the molecule is C[C@@H]1C[C@H](O)C[C@H](c2cccc(Cl)c2)N1.Cl. The molecule has 3 atom stereocenters. The zero-order chi connectivity index (χ0) is 10.8. The zero-order valence-electron chi connectivity index (χ0n) is 9.19. The third-order valence-electron chi connectivity index (χ3n) is 2.87. The van der Waals surface area contributed by atoms with Crippen LogP contribution in [0.15, 0.2) is 24.3 Å². The van der Waals surface area contributed by atoms with Gasteiger partial charge in [-0.05, 0) is 37.5 Å². The lowest BCUT2D eigenvalue weighted by Crippen LogP contribution is -2.40. The summed E-state index contributed by atoms with van der Waals surface area (Å²) in [6.45, 7) is 2.10. The maximum absolute atomic E-state index is 9.71. The summed E-state index contributed by atoms with van der Waals surface area (Å²) in [5.41, 5.74) is 1.16. The number of rotatable bonds is 1. The van der Waals surface area contributed by atoms with Crippen LogP contribution in [-0.2, 0) is 0 Å². The molecule has 2 nitrogen and oxygen atoms in total. The summed E-state index contributed by atoms with van der Waals surface area (Å²) in [5.74, 6) is 0. The van der Waals surface area contributed by atoms with Crippen molar-refractivity contribution in [1.82, 2.24) is 5.32 Å². The molecule has 1 heterocycles. The van der Waals surface area contributed by atoms with E-state index in [0.29, 0.717) is 6.04 Å². The van der Waals surface area contributed by atoms with Crippen LogP contribution in [0.1, 0.15) is 31.4 Å². The highest BCUT2D eigenvalue weighted by atomic mass is 35.5. The summed E-state index contributed by atoms with van der Waals surface area (Å²) >= 11 is 5.95. The van der Waals surface area contributed by atoms with Gasteiger partial charge in [-0.1, -0.05) is 23.7 Å². The summed E-state index contributed by atoms with van der Waals surface area (Å²) in [6, 6.07) is 8.41. The van der Waals surface area contributed by atoms with E-state index in [1.165, 1.54) is 0 Å². The molecule has 1 aromatic carbocycles. The van der Waals surface area contributed by atoms with Crippen LogP contribution in [0.3, 0.4) is 0 Å². The molecule has 0 spiro atoms. The van der Waals surface area contributed by atoms with Gasteiger partial charge in [0.25, 0.3) is 0 Å². The minimum atomic E-state index is -0.203. The predicted molar refractivity (Wildman–Crippen MR) is 69.3 cm³/mol. The quantitative estimate of drug-likeness (QED) is 0.815. The second-order valence-electron chi connectivity index (χ2n) is 4.30. The van der Waals surface area contributed by atoms with Crippen LogP contribution >= 0.6 is 24.0 Å². The van der Waals surface area contributed by atoms with Gasteiger partial charge in [0, 0.05) is 17.1 Å². The Labute approximate surface area is 107 Å². The van der Waals surface area contributed by atoms with Gasteiger partial charge in [0.05, 0.1) is 6.10 Å². The summed E-state index contributed by atoms with van der Waals surface area (Å²) in [4.78, 5) is 0. The highest BCUT2D eigenvalue weighted by molar-refractivity contribution is 6.30. The van der Waals surface area contributed by atoms with E-state index in [9.17, 15) is 5.11 Å². The van der Waals surface area contributed by atoms with Crippen molar-refractivity contribution in [3.8, 4) is 0 Å². The molecule has 0 saturated carbocycles. The van der Waals surface area contributed by atoms with Gasteiger partial charge >= 0.3 is 0 Å². The Hall–Kier alpha value is -0.280. The lowest BCUT2D eigenvalue weighted by atomic mass is 9.92. The molecule has 0 aromatic heterocycles. The number of hydrogen-bond acceptors (Lipinski definition) is 2. The Morgan fingerprint density at radius 1 is 1.38 bits per heavy atom. The molecule has 0 aliphatic carbocycles. The largest absolute Gasteiger partial charge is 0.393 e. The number of hydrogen-bond donors (Lipinski definition) is 2. The Bertz CT molecular complexity index is 336. The fraction of sp³-hybridized carbons (Fsp3) is 0.500. The second kappa shape index (κ2) is 5.87. The molecule has 2 N–H and O–H groups in total. The van der Waals surface area contributed by atoms with Crippen molar-refractivity contribution in [2.45, 2.75) is 38.0 Å². The Kier molecular flexibility index (Phi) is 5.06. The summed E-state index contributed by atoms with van der Waals surface area (Å²) in [6.07, 6.45) is 1.40. The average molecular weight is 262 g/mol. The van der Waals surface area contributed by atoms with E-state index in [1.54, 1.807) is 0 Å². The van der Waals surface area contributed by atoms with Crippen LogP contribution in [0.2, 0.25) is 5.02 Å². The zero-order valence-corrected chi connectivity index (χ0v) is 10.8. The molecular formula is C12H17Cl2NO. The van der Waals surface area contributed by atoms with Gasteiger partial charge in [-0.2, -0.15) is 0 Å². The Morgan fingerprint density at radius 2 is 2.12 bits per heavy atom. The topological polar surface area (TPSA) is 32.3 Å². The van der Waals surface area contributed by atoms with Crippen LogP contribution in [0.4, 0.5) is 0 Å². The first-order chi connectivity index (χ1) is 7.15. The molecule has 1 fully saturated rings. The number of nitrogens with one attached hydrogen (secondary N) is 1. The molecule has 1 saturated heterocycles. The molecule has 0 amide bonds. The van der Waals surface area contributed by atoms with Gasteiger partial charge in [0.2, 0.25) is 0 Å². The van der Waals surface area contributed by atoms with E-state index in [-0.39, 0.29) is 24.6 Å². The lowest BCUT2D eigenvalue weighted by molar-refractivity contribution is 0.0975. The molecule has 1 aliphatic heterocycles. The molecule has 16 heavy (non-hydrogen) atoms. The van der Waals surface area contributed by atoms with Crippen LogP contribution in [0.5, 0.6) is 0 Å². The first-order valence-corrected chi connectivity index (χ1v) is 5.72. The average Bonchev–Trinajstić information content (AvgIpc) is 2.16. The first kappa shape index (κ1) is 13.8. The van der Waals surface area contributed by atoms with E-state index < -0.39 is 0 Å². The highest BCUT2D eigenvalue weighted by Gasteiger charge is 2.25. The molecule has 1 aromatic rings. The van der Waals surface area contributed by atoms with Crippen molar-refractivity contribution in [2.24, 2.45) is 0 Å². The minimum Gasteiger partial charge on any atom is -0.393 e. The van der Waals surface area contributed by atoms with Crippen LogP contribution in [0, 0.1) is 0 Å². The molecule has 0 bridgehead atoms. The standard InChI is InChI=1S/C12H16ClNO.ClH/c1-8-5-11(15)7-12(14-8)9-3-2-4-10(13)6-9;/h2-4,6,8,11-12,14-15H,5,7H2,1H3;1H/t8-,11+,12-;/m1./s1. The number of halogens is 2.